The van der Waals surface area contributed by atoms with Crippen LogP contribution in [0.1, 0.15) is 50.5 Å². The Kier molecular flexibility index (Phi) is 5.30. The molecule has 2 rings (SSSR count). The molecule has 0 radical (unpaired) electrons. The van der Waals surface area contributed by atoms with Gasteiger partial charge in [-0.1, -0.05) is 19.0 Å². The topological polar surface area (TPSA) is 87.1 Å². The molecule has 0 saturated carbocycles. The predicted octanol–water partition coefficient (Wildman–Crippen LogP) is 2.95. The Bertz CT molecular complexity index is 555. The molecule has 0 aromatic carbocycles. The summed E-state index contributed by atoms with van der Waals surface area (Å²) in [6.45, 7) is 4.13. The third kappa shape index (κ3) is 3.59. The monoisotopic (exact) mass is 310 g/mol. The average molecular weight is 310 g/mol. The standard InChI is InChI=1S/C14H22N4O2S/c1-4-14(5-2,19-3)12-17-11(20-18-12)8-6-7-10-9-21-13(15)16-10/h9H,4-8H2,1-3H3,(H2,15,16). The maximum Gasteiger partial charge on any atom is 0.226 e. The quantitative estimate of drug-likeness (QED) is 0.806. The summed E-state index contributed by atoms with van der Waals surface area (Å²) < 4.78 is 10.9. The molecule has 0 unspecified atom stereocenters. The minimum Gasteiger partial charge on any atom is -0.375 e. The highest BCUT2D eigenvalue weighted by molar-refractivity contribution is 7.13. The predicted molar refractivity (Wildman–Crippen MR) is 82.1 cm³/mol. The lowest BCUT2D eigenvalue weighted by molar-refractivity contribution is -0.0306. The molecule has 0 saturated heterocycles. The normalized spacial score (nSPS) is 12.0. The van der Waals surface area contributed by atoms with Crippen LogP contribution in [0.4, 0.5) is 5.13 Å². The van der Waals surface area contributed by atoms with Crippen LogP contribution < -0.4 is 5.73 Å². The maximum absolute atomic E-state index is 5.61. The van der Waals surface area contributed by atoms with Gasteiger partial charge in [0.15, 0.2) is 5.13 Å². The SMILES string of the molecule is CCC(CC)(OC)c1noc(CCCc2csc(N)n2)n1. The zero-order chi connectivity index (χ0) is 15.3. The zero-order valence-electron chi connectivity index (χ0n) is 12.8. The van der Waals surface area contributed by atoms with Crippen LogP contribution in [0.5, 0.6) is 0 Å². The van der Waals surface area contributed by atoms with Crippen molar-refractivity contribution >= 4 is 16.5 Å². The molecule has 0 aliphatic rings. The van der Waals surface area contributed by atoms with Gasteiger partial charge >= 0.3 is 0 Å². The van der Waals surface area contributed by atoms with Crippen LogP contribution in [-0.2, 0) is 23.2 Å². The van der Waals surface area contributed by atoms with Crippen molar-refractivity contribution in [1.29, 1.82) is 0 Å². The second-order valence-electron chi connectivity index (χ2n) is 4.95. The van der Waals surface area contributed by atoms with E-state index >= 15 is 0 Å². The molecule has 7 heteroatoms. The Morgan fingerprint density at radius 3 is 2.62 bits per heavy atom. The Hall–Kier alpha value is -1.47. The zero-order valence-corrected chi connectivity index (χ0v) is 13.6. The number of rotatable bonds is 8. The number of anilines is 1. The van der Waals surface area contributed by atoms with E-state index in [1.54, 1.807) is 7.11 Å². The molecule has 0 aliphatic carbocycles. The number of hydrogen-bond acceptors (Lipinski definition) is 7. The van der Waals surface area contributed by atoms with Crippen molar-refractivity contribution in [2.75, 3.05) is 12.8 Å². The van der Waals surface area contributed by atoms with Gasteiger partial charge < -0.3 is 15.0 Å². The molecule has 2 N–H and O–H groups in total. The molecule has 0 spiro atoms. The van der Waals surface area contributed by atoms with Crippen LogP contribution >= 0.6 is 11.3 Å². The fourth-order valence-corrected chi connectivity index (χ4v) is 2.94. The summed E-state index contributed by atoms with van der Waals surface area (Å²) in [4.78, 5) is 8.72. The van der Waals surface area contributed by atoms with Gasteiger partial charge in [-0.15, -0.1) is 11.3 Å². The number of aryl methyl sites for hydroxylation is 2. The smallest absolute Gasteiger partial charge is 0.226 e. The lowest BCUT2D eigenvalue weighted by atomic mass is 9.96. The van der Waals surface area contributed by atoms with Crippen LogP contribution in [-0.4, -0.2) is 22.2 Å². The third-order valence-corrected chi connectivity index (χ3v) is 4.52. The maximum atomic E-state index is 5.61. The molecule has 2 aromatic heterocycles. The second kappa shape index (κ2) is 7.00. The van der Waals surface area contributed by atoms with Gasteiger partial charge in [-0.2, -0.15) is 4.98 Å². The number of ether oxygens (including phenoxy) is 1. The molecule has 0 fully saturated rings. The van der Waals surface area contributed by atoms with E-state index in [0.717, 1.165) is 37.8 Å². The van der Waals surface area contributed by atoms with Crippen LogP contribution in [0.3, 0.4) is 0 Å². The summed E-state index contributed by atoms with van der Waals surface area (Å²) in [5.74, 6) is 1.29. The number of nitrogens with two attached hydrogens (primary N) is 1. The second-order valence-corrected chi connectivity index (χ2v) is 5.84. The molecule has 6 nitrogen and oxygen atoms in total. The van der Waals surface area contributed by atoms with Gasteiger partial charge in [0, 0.05) is 18.9 Å². The van der Waals surface area contributed by atoms with Gasteiger partial charge in [0.2, 0.25) is 11.7 Å². The number of hydrogen-bond donors (Lipinski definition) is 1. The highest BCUT2D eigenvalue weighted by Crippen LogP contribution is 2.30. The van der Waals surface area contributed by atoms with Gasteiger partial charge in [-0.05, 0) is 25.7 Å². The molecular weight excluding hydrogens is 288 g/mol. The summed E-state index contributed by atoms with van der Waals surface area (Å²) in [5.41, 5.74) is 6.19. The van der Waals surface area contributed by atoms with Gasteiger partial charge in [0.05, 0.1) is 5.69 Å². The lowest BCUT2D eigenvalue weighted by Gasteiger charge is -2.25. The number of nitrogens with zero attached hydrogens (tertiary/aromatic N) is 3. The molecule has 2 heterocycles. The number of aromatic nitrogens is 3. The first-order chi connectivity index (χ1) is 10.1. The van der Waals surface area contributed by atoms with Gasteiger partial charge in [0.1, 0.15) is 5.60 Å². The average Bonchev–Trinajstić information content (AvgIpc) is 3.12. The fourth-order valence-electron chi connectivity index (χ4n) is 2.35. The van der Waals surface area contributed by atoms with Crippen LogP contribution in [0.2, 0.25) is 0 Å². The van der Waals surface area contributed by atoms with Crippen molar-refractivity contribution in [3.63, 3.8) is 0 Å². The van der Waals surface area contributed by atoms with E-state index in [2.05, 4.69) is 29.0 Å². The lowest BCUT2D eigenvalue weighted by Crippen LogP contribution is -2.28. The van der Waals surface area contributed by atoms with Crippen LogP contribution in [0.15, 0.2) is 9.90 Å². The Labute approximate surface area is 128 Å². The summed E-state index contributed by atoms with van der Waals surface area (Å²) in [7, 11) is 1.69. The summed E-state index contributed by atoms with van der Waals surface area (Å²) in [5, 5.41) is 6.68. The van der Waals surface area contributed by atoms with E-state index < -0.39 is 5.60 Å². The third-order valence-electron chi connectivity index (χ3n) is 3.80. The van der Waals surface area contributed by atoms with Crippen molar-refractivity contribution in [3.8, 4) is 0 Å². The van der Waals surface area contributed by atoms with E-state index in [1.807, 2.05) is 5.38 Å². The molecule has 0 bridgehead atoms. The molecule has 0 aliphatic heterocycles. The van der Waals surface area contributed by atoms with Crippen molar-refractivity contribution in [3.05, 3.63) is 22.8 Å². The summed E-state index contributed by atoms with van der Waals surface area (Å²) in [6, 6.07) is 0. The Morgan fingerprint density at radius 2 is 2.05 bits per heavy atom. The Balaban J connectivity index is 1.93. The Morgan fingerprint density at radius 1 is 1.29 bits per heavy atom. The van der Waals surface area contributed by atoms with Crippen molar-refractivity contribution in [1.82, 2.24) is 15.1 Å². The van der Waals surface area contributed by atoms with E-state index in [4.69, 9.17) is 15.0 Å². The van der Waals surface area contributed by atoms with Crippen LogP contribution in [0, 0.1) is 0 Å². The first-order valence-corrected chi connectivity index (χ1v) is 8.09. The van der Waals surface area contributed by atoms with Gasteiger partial charge in [-0.3, -0.25) is 0 Å². The first kappa shape index (κ1) is 15.9. The molecule has 2 aromatic rings. The van der Waals surface area contributed by atoms with Gasteiger partial charge in [-0.25, -0.2) is 4.98 Å². The van der Waals surface area contributed by atoms with Crippen LogP contribution in [0.25, 0.3) is 0 Å². The van der Waals surface area contributed by atoms with Crippen molar-refractivity contribution in [2.24, 2.45) is 0 Å². The summed E-state index contributed by atoms with van der Waals surface area (Å²) in [6.07, 6.45) is 4.14. The molecule has 116 valence electrons. The highest BCUT2D eigenvalue weighted by atomic mass is 32.1. The molecule has 0 atom stereocenters. The highest BCUT2D eigenvalue weighted by Gasteiger charge is 2.33. The number of thiazole rings is 1. The fraction of sp³-hybridized carbons (Fsp3) is 0.643. The largest absolute Gasteiger partial charge is 0.375 e. The molecule has 21 heavy (non-hydrogen) atoms. The molecule has 0 amide bonds. The first-order valence-electron chi connectivity index (χ1n) is 7.21. The van der Waals surface area contributed by atoms with Crippen molar-refractivity contribution < 1.29 is 9.26 Å². The van der Waals surface area contributed by atoms with E-state index in [0.29, 0.717) is 16.8 Å². The van der Waals surface area contributed by atoms with E-state index in [-0.39, 0.29) is 0 Å². The van der Waals surface area contributed by atoms with Crippen molar-refractivity contribution in [2.45, 2.75) is 51.6 Å². The summed E-state index contributed by atoms with van der Waals surface area (Å²) >= 11 is 1.47. The number of nitrogen functional groups attached to an aromatic ring is 1. The minimum atomic E-state index is -0.439. The van der Waals surface area contributed by atoms with E-state index in [1.165, 1.54) is 11.3 Å². The number of methoxy groups -OCH3 is 1. The van der Waals surface area contributed by atoms with Gasteiger partial charge in [0.25, 0.3) is 0 Å². The molecular formula is C14H22N4O2S. The minimum absolute atomic E-state index is 0.439. The van der Waals surface area contributed by atoms with E-state index in [9.17, 15) is 0 Å².